The molecule has 0 bridgehead atoms. The Hall–Kier alpha value is -4.12. The van der Waals surface area contributed by atoms with Crippen molar-refractivity contribution in [1.82, 2.24) is 23.9 Å². The maximum atomic E-state index is 13.4. The van der Waals surface area contributed by atoms with Gasteiger partial charge in [-0.1, -0.05) is 23.7 Å². The van der Waals surface area contributed by atoms with Crippen LogP contribution in [0.25, 0.3) is 22.5 Å². The number of alkyl halides is 3. The number of benzene rings is 2. The van der Waals surface area contributed by atoms with E-state index in [4.69, 9.17) is 11.6 Å². The highest BCUT2D eigenvalue weighted by atomic mass is 35.5. The van der Waals surface area contributed by atoms with E-state index in [0.29, 0.717) is 46.5 Å². The minimum absolute atomic E-state index is 0.0926. The van der Waals surface area contributed by atoms with Crippen molar-refractivity contribution in [2.24, 2.45) is 0 Å². The summed E-state index contributed by atoms with van der Waals surface area (Å²) >= 11 is 6.35. The number of nitrogens with zero attached hydrogens (tertiary/aromatic N) is 6. The summed E-state index contributed by atoms with van der Waals surface area (Å²) < 4.78 is 43.1. The monoisotopic (exact) mass is 525 g/mol. The van der Waals surface area contributed by atoms with Crippen LogP contribution < -0.4 is 15.8 Å². The first-order valence-corrected chi connectivity index (χ1v) is 11.9. The van der Waals surface area contributed by atoms with Crippen LogP contribution in [0.2, 0.25) is 5.02 Å². The van der Waals surface area contributed by atoms with Gasteiger partial charge in [0.05, 0.1) is 10.7 Å². The number of aromatic nitrogens is 5. The maximum Gasteiger partial charge on any atom is 0.408 e. The van der Waals surface area contributed by atoms with Crippen LogP contribution >= 0.6 is 11.6 Å². The van der Waals surface area contributed by atoms with Crippen LogP contribution in [0.5, 0.6) is 0 Å². The van der Waals surface area contributed by atoms with Gasteiger partial charge in [0.2, 0.25) is 11.7 Å². The van der Waals surface area contributed by atoms with E-state index in [0.717, 1.165) is 0 Å². The molecular weight excluding hydrogens is 507 g/mol. The van der Waals surface area contributed by atoms with Crippen molar-refractivity contribution in [2.45, 2.75) is 25.1 Å². The van der Waals surface area contributed by atoms with Crippen molar-refractivity contribution < 1.29 is 13.2 Å². The Morgan fingerprint density at radius 3 is 2.59 bits per heavy atom. The van der Waals surface area contributed by atoms with E-state index in [2.05, 4.69) is 20.3 Å². The minimum atomic E-state index is -4.27. The third-order valence-electron chi connectivity index (χ3n) is 6.43. The molecule has 1 aliphatic rings. The summed E-state index contributed by atoms with van der Waals surface area (Å²) in [5.74, 6) is 0.559. The zero-order valence-electron chi connectivity index (χ0n) is 19.2. The molecule has 4 heterocycles. The van der Waals surface area contributed by atoms with Crippen LogP contribution in [0.3, 0.4) is 0 Å². The van der Waals surface area contributed by atoms with Gasteiger partial charge in [0, 0.05) is 36.5 Å². The minimum Gasteiger partial charge on any atom is -0.360 e. The van der Waals surface area contributed by atoms with Gasteiger partial charge in [-0.25, -0.2) is 14.5 Å². The van der Waals surface area contributed by atoms with E-state index in [1.54, 1.807) is 65.3 Å². The first-order chi connectivity index (χ1) is 17.8. The van der Waals surface area contributed by atoms with Crippen LogP contribution in [0.15, 0.2) is 71.9 Å². The molecule has 0 radical (unpaired) electrons. The number of fused-ring (bicyclic) bond motifs is 3. The number of rotatable bonds is 4. The molecule has 0 saturated carbocycles. The van der Waals surface area contributed by atoms with Gasteiger partial charge in [-0.2, -0.15) is 18.2 Å². The Morgan fingerprint density at radius 1 is 1.05 bits per heavy atom. The van der Waals surface area contributed by atoms with Gasteiger partial charge in [0.15, 0.2) is 5.65 Å². The third-order valence-corrected chi connectivity index (χ3v) is 6.75. The SMILES string of the molecule is O=c1c2cnc(Nc3ccc(N4CCC[C@H]4C(F)(F)F)cc3)nc2n2ccnc2n1-c1ccccc1Cl. The summed E-state index contributed by atoms with van der Waals surface area (Å²) in [6.07, 6.45) is 0.984. The summed E-state index contributed by atoms with van der Waals surface area (Å²) in [6, 6.07) is 12.1. The summed E-state index contributed by atoms with van der Waals surface area (Å²) in [7, 11) is 0. The Kier molecular flexibility index (Phi) is 5.52. The largest absolute Gasteiger partial charge is 0.408 e. The zero-order valence-corrected chi connectivity index (χ0v) is 19.9. The van der Waals surface area contributed by atoms with E-state index in [-0.39, 0.29) is 23.3 Å². The van der Waals surface area contributed by atoms with Crippen molar-refractivity contribution in [3.8, 4) is 5.69 Å². The average Bonchev–Trinajstić information content (AvgIpc) is 3.56. The predicted molar refractivity (Wildman–Crippen MR) is 135 cm³/mol. The van der Waals surface area contributed by atoms with Crippen molar-refractivity contribution in [3.05, 3.63) is 82.5 Å². The van der Waals surface area contributed by atoms with Crippen molar-refractivity contribution >= 4 is 45.7 Å². The highest BCUT2D eigenvalue weighted by molar-refractivity contribution is 6.32. The van der Waals surface area contributed by atoms with E-state index in [1.165, 1.54) is 15.7 Å². The number of imidazole rings is 1. The Balaban J connectivity index is 1.34. The molecule has 37 heavy (non-hydrogen) atoms. The second kappa shape index (κ2) is 8.77. The molecule has 12 heteroatoms. The van der Waals surface area contributed by atoms with Crippen LogP contribution in [0.4, 0.5) is 30.5 Å². The number of nitrogens with one attached hydrogen (secondary N) is 1. The van der Waals surface area contributed by atoms with Crippen LogP contribution in [0.1, 0.15) is 12.8 Å². The number of anilines is 3. The summed E-state index contributed by atoms with van der Waals surface area (Å²) in [5, 5.41) is 3.72. The lowest BCUT2D eigenvalue weighted by Gasteiger charge is -2.28. The lowest BCUT2D eigenvalue weighted by Crippen LogP contribution is -2.41. The van der Waals surface area contributed by atoms with Gasteiger partial charge in [-0.15, -0.1) is 0 Å². The molecule has 0 unspecified atom stereocenters. The Labute approximate surface area is 213 Å². The van der Waals surface area contributed by atoms with Gasteiger partial charge in [0.25, 0.3) is 5.56 Å². The number of hydrogen-bond acceptors (Lipinski definition) is 6. The summed E-state index contributed by atoms with van der Waals surface area (Å²) in [5.41, 5.74) is 1.56. The normalized spacial score (nSPS) is 16.1. The molecule has 0 spiro atoms. The zero-order chi connectivity index (χ0) is 25.7. The third kappa shape index (κ3) is 4.05. The fourth-order valence-corrected chi connectivity index (χ4v) is 4.96. The number of para-hydroxylation sites is 1. The molecule has 1 saturated heterocycles. The van der Waals surface area contributed by atoms with E-state index >= 15 is 0 Å². The first kappa shape index (κ1) is 23.3. The molecule has 1 atom stereocenters. The van der Waals surface area contributed by atoms with Gasteiger partial charge < -0.3 is 10.2 Å². The Morgan fingerprint density at radius 2 is 1.84 bits per heavy atom. The molecule has 3 aromatic heterocycles. The molecule has 2 aromatic carbocycles. The fraction of sp³-hybridized carbons (Fsp3) is 0.200. The topological polar surface area (TPSA) is 80.3 Å². The number of hydrogen-bond donors (Lipinski definition) is 1. The highest BCUT2D eigenvalue weighted by Crippen LogP contribution is 2.36. The Bertz CT molecular complexity index is 1680. The maximum absolute atomic E-state index is 13.4. The van der Waals surface area contributed by atoms with Crippen molar-refractivity contribution in [1.29, 1.82) is 0 Å². The molecule has 6 rings (SSSR count). The van der Waals surface area contributed by atoms with E-state index < -0.39 is 12.2 Å². The lowest BCUT2D eigenvalue weighted by molar-refractivity contribution is -0.145. The molecule has 1 aliphatic heterocycles. The number of halogens is 4. The smallest absolute Gasteiger partial charge is 0.360 e. The molecule has 5 aromatic rings. The summed E-state index contributed by atoms with van der Waals surface area (Å²) in [6.45, 7) is 0.358. The second-order valence-electron chi connectivity index (χ2n) is 8.69. The standard InChI is InChI=1S/C25H19ClF3N7O/c26-18-4-1-2-5-19(18)36-22(37)17-14-31-23(33-21(17)35-13-11-30-24(35)36)32-15-7-9-16(10-8-15)34-12-3-6-20(34)25(27,28)29/h1-2,4-5,7-11,13-14,20H,3,6,12H2,(H,31,32,33)/t20-/m0/s1. The fourth-order valence-electron chi connectivity index (χ4n) is 4.74. The van der Waals surface area contributed by atoms with Crippen LogP contribution in [-0.4, -0.2) is 42.7 Å². The molecule has 1 N–H and O–H groups in total. The summed E-state index contributed by atoms with van der Waals surface area (Å²) in [4.78, 5) is 27.9. The molecule has 0 aliphatic carbocycles. The van der Waals surface area contributed by atoms with Crippen LogP contribution in [0, 0.1) is 0 Å². The van der Waals surface area contributed by atoms with Crippen molar-refractivity contribution in [2.75, 3.05) is 16.8 Å². The van der Waals surface area contributed by atoms with Gasteiger partial charge in [-0.3, -0.25) is 9.20 Å². The highest BCUT2D eigenvalue weighted by Gasteiger charge is 2.45. The van der Waals surface area contributed by atoms with Gasteiger partial charge in [-0.05, 0) is 49.2 Å². The van der Waals surface area contributed by atoms with E-state index in [9.17, 15) is 18.0 Å². The quantitative estimate of drug-likeness (QED) is 0.340. The molecule has 8 nitrogen and oxygen atoms in total. The van der Waals surface area contributed by atoms with Crippen molar-refractivity contribution in [3.63, 3.8) is 0 Å². The molecule has 1 fully saturated rings. The molecule has 0 amide bonds. The molecule has 188 valence electrons. The molecular formula is C25H19ClF3N7O. The van der Waals surface area contributed by atoms with Crippen LogP contribution in [-0.2, 0) is 0 Å². The average molecular weight is 526 g/mol. The van der Waals surface area contributed by atoms with E-state index in [1.807, 2.05) is 0 Å². The second-order valence-corrected chi connectivity index (χ2v) is 9.09. The first-order valence-electron chi connectivity index (χ1n) is 11.5. The predicted octanol–water partition coefficient (Wildman–Crippen LogP) is 5.36. The lowest BCUT2D eigenvalue weighted by atomic mass is 10.2. The van der Waals surface area contributed by atoms with Gasteiger partial charge in [0.1, 0.15) is 11.4 Å². The van der Waals surface area contributed by atoms with Gasteiger partial charge >= 0.3 is 6.18 Å².